The van der Waals surface area contributed by atoms with E-state index in [9.17, 15) is 8.42 Å². The van der Waals surface area contributed by atoms with Crippen molar-refractivity contribution in [3.05, 3.63) is 59.7 Å². The van der Waals surface area contributed by atoms with E-state index in [-0.39, 0.29) is 4.90 Å². The van der Waals surface area contributed by atoms with Crippen molar-refractivity contribution in [2.24, 2.45) is 0 Å². The lowest BCUT2D eigenvalue weighted by Crippen LogP contribution is -2.31. The van der Waals surface area contributed by atoms with Crippen molar-refractivity contribution in [1.29, 1.82) is 0 Å². The number of aryl methyl sites for hydroxylation is 1. The first-order valence-electron chi connectivity index (χ1n) is 7.42. The molecule has 2 aromatic rings. The van der Waals surface area contributed by atoms with Gasteiger partial charge in [0.15, 0.2) is 0 Å². The minimum atomic E-state index is -3.45. The summed E-state index contributed by atoms with van der Waals surface area (Å²) in [5, 5.41) is 3.20. The van der Waals surface area contributed by atoms with E-state index in [1.807, 2.05) is 31.2 Å². The molecule has 2 rings (SSSR count). The van der Waals surface area contributed by atoms with Crippen LogP contribution in [0.4, 0.5) is 0 Å². The summed E-state index contributed by atoms with van der Waals surface area (Å²) in [7, 11) is -1.82. The second kappa shape index (κ2) is 8.10. The molecule has 5 nitrogen and oxygen atoms in total. The summed E-state index contributed by atoms with van der Waals surface area (Å²) < 4.78 is 32.1. The third kappa shape index (κ3) is 5.06. The summed E-state index contributed by atoms with van der Waals surface area (Å²) in [6.07, 6.45) is 0. The van der Waals surface area contributed by atoms with Crippen molar-refractivity contribution < 1.29 is 13.2 Å². The van der Waals surface area contributed by atoms with Gasteiger partial charge in [0.2, 0.25) is 10.0 Å². The lowest BCUT2D eigenvalue weighted by Gasteiger charge is -2.10. The summed E-state index contributed by atoms with van der Waals surface area (Å²) in [4.78, 5) is 0.285. The lowest BCUT2D eigenvalue weighted by molar-refractivity contribution is 0.408. The van der Waals surface area contributed by atoms with E-state index in [4.69, 9.17) is 4.74 Å². The van der Waals surface area contributed by atoms with Gasteiger partial charge in [-0.3, -0.25) is 0 Å². The minimum Gasteiger partial charge on any atom is -0.496 e. The Balaban J connectivity index is 1.80. The van der Waals surface area contributed by atoms with Gasteiger partial charge < -0.3 is 10.1 Å². The highest BCUT2D eigenvalue weighted by Crippen LogP contribution is 2.16. The van der Waals surface area contributed by atoms with Gasteiger partial charge in [-0.25, -0.2) is 13.1 Å². The molecule has 0 bridgehead atoms. The molecule has 0 saturated carbocycles. The number of para-hydroxylation sites is 1. The molecule has 0 aliphatic rings. The smallest absolute Gasteiger partial charge is 0.240 e. The van der Waals surface area contributed by atoms with Gasteiger partial charge in [-0.1, -0.05) is 35.9 Å². The Hall–Kier alpha value is -1.89. The fraction of sp³-hybridized carbons (Fsp3) is 0.294. The molecular weight excluding hydrogens is 312 g/mol. The van der Waals surface area contributed by atoms with Gasteiger partial charge in [-0.15, -0.1) is 0 Å². The molecule has 0 heterocycles. The Labute approximate surface area is 137 Å². The number of sulfonamides is 1. The Morgan fingerprint density at radius 3 is 2.39 bits per heavy atom. The molecule has 0 atom stereocenters. The molecule has 2 aromatic carbocycles. The largest absolute Gasteiger partial charge is 0.496 e. The van der Waals surface area contributed by atoms with Crippen LogP contribution >= 0.6 is 0 Å². The molecule has 0 radical (unpaired) electrons. The van der Waals surface area contributed by atoms with Gasteiger partial charge in [0, 0.05) is 25.2 Å². The molecule has 0 aliphatic heterocycles. The van der Waals surface area contributed by atoms with Crippen molar-refractivity contribution in [2.75, 3.05) is 20.2 Å². The summed E-state index contributed by atoms with van der Waals surface area (Å²) in [6, 6.07) is 14.5. The fourth-order valence-electron chi connectivity index (χ4n) is 2.15. The van der Waals surface area contributed by atoms with E-state index in [1.54, 1.807) is 31.4 Å². The molecule has 23 heavy (non-hydrogen) atoms. The summed E-state index contributed by atoms with van der Waals surface area (Å²) >= 11 is 0. The standard InChI is InChI=1S/C17H22N2O3S/c1-14-7-9-16(10-8-14)23(20,21)19-12-11-18-13-15-5-3-4-6-17(15)22-2/h3-10,18-19H,11-13H2,1-2H3. The number of hydrogen-bond acceptors (Lipinski definition) is 4. The highest BCUT2D eigenvalue weighted by Gasteiger charge is 2.12. The molecule has 0 unspecified atom stereocenters. The quantitative estimate of drug-likeness (QED) is 0.725. The SMILES string of the molecule is COc1ccccc1CNCCNS(=O)(=O)c1ccc(C)cc1. The summed E-state index contributed by atoms with van der Waals surface area (Å²) in [5.41, 5.74) is 2.07. The zero-order chi connectivity index (χ0) is 16.7. The maximum Gasteiger partial charge on any atom is 0.240 e. The Morgan fingerprint density at radius 2 is 1.70 bits per heavy atom. The van der Waals surface area contributed by atoms with Gasteiger partial charge >= 0.3 is 0 Å². The van der Waals surface area contributed by atoms with Gasteiger partial charge in [0.1, 0.15) is 5.75 Å². The van der Waals surface area contributed by atoms with Crippen molar-refractivity contribution >= 4 is 10.0 Å². The van der Waals surface area contributed by atoms with Crippen molar-refractivity contribution in [3.8, 4) is 5.75 Å². The van der Waals surface area contributed by atoms with Crippen molar-refractivity contribution in [1.82, 2.24) is 10.0 Å². The van der Waals surface area contributed by atoms with Gasteiger partial charge in [0.25, 0.3) is 0 Å². The van der Waals surface area contributed by atoms with Gasteiger partial charge in [-0.05, 0) is 25.1 Å². The van der Waals surface area contributed by atoms with Crippen LogP contribution < -0.4 is 14.8 Å². The Kier molecular flexibility index (Phi) is 6.15. The normalized spacial score (nSPS) is 11.4. The maximum absolute atomic E-state index is 12.1. The molecule has 0 spiro atoms. The molecule has 0 aliphatic carbocycles. The Morgan fingerprint density at radius 1 is 1.00 bits per heavy atom. The highest BCUT2D eigenvalue weighted by atomic mass is 32.2. The van der Waals surface area contributed by atoms with Crippen LogP contribution in [-0.2, 0) is 16.6 Å². The van der Waals surface area contributed by atoms with Crippen LogP contribution in [0.15, 0.2) is 53.4 Å². The Bertz CT molecular complexity index is 728. The van der Waals surface area contributed by atoms with Crippen LogP contribution in [0.25, 0.3) is 0 Å². The predicted octanol–water partition coefficient (Wildman–Crippen LogP) is 2.07. The second-order valence-electron chi connectivity index (χ2n) is 5.20. The first-order chi connectivity index (χ1) is 11.0. The highest BCUT2D eigenvalue weighted by molar-refractivity contribution is 7.89. The van der Waals surface area contributed by atoms with Gasteiger partial charge in [0.05, 0.1) is 12.0 Å². The van der Waals surface area contributed by atoms with Crippen LogP contribution in [0.2, 0.25) is 0 Å². The van der Waals surface area contributed by atoms with Crippen molar-refractivity contribution in [3.63, 3.8) is 0 Å². The molecule has 0 fully saturated rings. The first kappa shape index (κ1) is 17.5. The minimum absolute atomic E-state index is 0.285. The van der Waals surface area contributed by atoms with E-state index in [0.717, 1.165) is 16.9 Å². The second-order valence-corrected chi connectivity index (χ2v) is 6.97. The third-order valence-corrected chi connectivity index (χ3v) is 4.91. The van der Waals surface area contributed by atoms with E-state index in [2.05, 4.69) is 10.0 Å². The van der Waals surface area contributed by atoms with E-state index < -0.39 is 10.0 Å². The third-order valence-electron chi connectivity index (χ3n) is 3.43. The number of rotatable bonds is 8. The molecule has 2 N–H and O–H groups in total. The number of hydrogen-bond donors (Lipinski definition) is 2. The van der Waals surface area contributed by atoms with Crippen LogP contribution in [0.1, 0.15) is 11.1 Å². The predicted molar refractivity (Wildman–Crippen MR) is 91.1 cm³/mol. The van der Waals surface area contributed by atoms with Crippen LogP contribution in [0.3, 0.4) is 0 Å². The number of ether oxygens (including phenoxy) is 1. The van der Waals surface area contributed by atoms with E-state index in [1.165, 1.54) is 0 Å². The van der Waals surface area contributed by atoms with Crippen LogP contribution in [0, 0.1) is 6.92 Å². The molecule has 6 heteroatoms. The average Bonchev–Trinajstić information content (AvgIpc) is 2.55. The lowest BCUT2D eigenvalue weighted by atomic mass is 10.2. The van der Waals surface area contributed by atoms with Crippen LogP contribution in [0.5, 0.6) is 5.75 Å². The molecule has 0 amide bonds. The number of nitrogens with one attached hydrogen (secondary N) is 2. The molecular formula is C17H22N2O3S. The van der Waals surface area contributed by atoms with E-state index >= 15 is 0 Å². The summed E-state index contributed by atoms with van der Waals surface area (Å²) in [5.74, 6) is 0.820. The molecule has 0 aromatic heterocycles. The zero-order valence-corrected chi connectivity index (χ0v) is 14.2. The number of methoxy groups -OCH3 is 1. The summed E-state index contributed by atoms with van der Waals surface area (Å²) in [6.45, 7) is 3.40. The fourth-order valence-corrected chi connectivity index (χ4v) is 3.18. The zero-order valence-electron chi connectivity index (χ0n) is 13.4. The van der Waals surface area contributed by atoms with Crippen molar-refractivity contribution in [2.45, 2.75) is 18.4 Å². The monoisotopic (exact) mass is 334 g/mol. The molecule has 0 saturated heterocycles. The average molecular weight is 334 g/mol. The van der Waals surface area contributed by atoms with Gasteiger partial charge in [-0.2, -0.15) is 0 Å². The van der Waals surface area contributed by atoms with Crippen LogP contribution in [-0.4, -0.2) is 28.6 Å². The number of benzene rings is 2. The first-order valence-corrected chi connectivity index (χ1v) is 8.90. The van der Waals surface area contributed by atoms with E-state index in [0.29, 0.717) is 19.6 Å². The topological polar surface area (TPSA) is 67.4 Å². The molecule has 124 valence electrons. The maximum atomic E-state index is 12.1.